The zero-order valence-corrected chi connectivity index (χ0v) is 15.7. The fourth-order valence-corrected chi connectivity index (χ4v) is 2.70. The molecule has 6 heteroatoms. The molecule has 3 aromatic carbocycles. The molecule has 0 radical (unpaired) electrons. The van der Waals surface area contributed by atoms with Gasteiger partial charge in [-0.15, -0.1) is 0 Å². The number of benzene rings is 3. The summed E-state index contributed by atoms with van der Waals surface area (Å²) in [5.41, 5.74) is 3.76. The average Bonchev–Trinajstić information content (AvgIpc) is 2.71. The van der Waals surface area contributed by atoms with Gasteiger partial charge < -0.3 is 14.7 Å². The number of carbonyl (C=O) groups is 1. The Morgan fingerprint density at radius 3 is 2.54 bits per heavy atom. The van der Waals surface area contributed by atoms with Crippen LogP contribution < -0.4 is 4.74 Å². The second kappa shape index (κ2) is 9.58. The number of ether oxygens (including phenoxy) is 1. The number of carboxylic acid groups (broad SMARTS) is 1. The molecule has 0 saturated carbocycles. The summed E-state index contributed by atoms with van der Waals surface area (Å²) in [7, 11) is 0. The van der Waals surface area contributed by atoms with Gasteiger partial charge in [-0.1, -0.05) is 65.3 Å². The molecule has 0 fully saturated rings. The lowest BCUT2D eigenvalue weighted by Gasteiger charge is -2.09. The minimum atomic E-state index is -1.07. The Morgan fingerprint density at radius 1 is 1.00 bits per heavy atom. The average molecular weight is 396 g/mol. The lowest BCUT2D eigenvalue weighted by atomic mass is 10.0. The molecule has 0 heterocycles. The molecule has 0 aliphatic rings. The van der Waals surface area contributed by atoms with Crippen LogP contribution in [0.4, 0.5) is 0 Å². The van der Waals surface area contributed by atoms with E-state index in [1.807, 2.05) is 72.8 Å². The van der Waals surface area contributed by atoms with E-state index in [9.17, 15) is 4.79 Å². The molecule has 0 aliphatic carbocycles. The largest absolute Gasteiger partial charge is 0.489 e. The van der Waals surface area contributed by atoms with E-state index >= 15 is 0 Å². The lowest BCUT2D eigenvalue weighted by Crippen LogP contribution is -2.03. The van der Waals surface area contributed by atoms with Gasteiger partial charge in [0.25, 0.3) is 0 Å². The molecule has 0 spiro atoms. The molecular formula is C22H18ClNO4. The van der Waals surface area contributed by atoms with Gasteiger partial charge in [-0.3, -0.25) is 0 Å². The van der Waals surface area contributed by atoms with E-state index in [1.54, 1.807) is 0 Å². The van der Waals surface area contributed by atoms with Gasteiger partial charge in [0.05, 0.1) is 6.21 Å². The fraction of sp³-hybridized carbons (Fsp3) is 0.0909. The smallest absolute Gasteiger partial charge is 0.344 e. The van der Waals surface area contributed by atoms with Crippen LogP contribution in [0.15, 0.2) is 78.0 Å². The predicted molar refractivity (Wildman–Crippen MR) is 109 cm³/mol. The highest BCUT2D eigenvalue weighted by Gasteiger charge is 2.03. The van der Waals surface area contributed by atoms with E-state index in [4.69, 9.17) is 21.4 Å². The Labute approximate surface area is 167 Å². The molecule has 28 heavy (non-hydrogen) atoms. The first-order valence-electron chi connectivity index (χ1n) is 8.55. The van der Waals surface area contributed by atoms with Crippen molar-refractivity contribution in [1.29, 1.82) is 0 Å². The first kappa shape index (κ1) is 19.5. The minimum absolute atomic E-state index is 0.404. The zero-order valence-electron chi connectivity index (χ0n) is 14.9. The third-order valence-electron chi connectivity index (χ3n) is 3.89. The molecule has 0 bridgehead atoms. The van der Waals surface area contributed by atoms with Crippen LogP contribution in [-0.4, -0.2) is 23.9 Å². The topological polar surface area (TPSA) is 68.1 Å². The molecule has 1 N–H and O–H groups in total. The van der Waals surface area contributed by atoms with Gasteiger partial charge >= 0.3 is 5.97 Å². The van der Waals surface area contributed by atoms with Crippen LogP contribution in [-0.2, 0) is 16.2 Å². The van der Waals surface area contributed by atoms with E-state index in [0.717, 1.165) is 28.0 Å². The predicted octanol–water partition coefficient (Wildman–Crippen LogP) is 5.02. The Bertz CT molecular complexity index is 970. The third-order valence-corrected chi connectivity index (χ3v) is 4.26. The van der Waals surface area contributed by atoms with Crippen molar-refractivity contribution in [3.63, 3.8) is 0 Å². The molecule has 3 rings (SSSR count). The number of nitrogens with zero attached hydrogens (tertiary/aromatic N) is 1. The van der Waals surface area contributed by atoms with Gasteiger partial charge in [-0.2, -0.15) is 0 Å². The zero-order chi connectivity index (χ0) is 19.8. The maximum absolute atomic E-state index is 10.4. The van der Waals surface area contributed by atoms with Gasteiger partial charge in [0.2, 0.25) is 6.61 Å². The number of halogens is 1. The van der Waals surface area contributed by atoms with Crippen molar-refractivity contribution in [2.45, 2.75) is 6.61 Å². The van der Waals surface area contributed by atoms with Crippen LogP contribution in [0, 0.1) is 0 Å². The maximum atomic E-state index is 10.4. The Kier molecular flexibility index (Phi) is 6.65. The molecule has 3 aromatic rings. The summed E-state index contributed by atoms with van der Waals surface area (Å²) in [4.78, 5) is 15.1. The van der Waals surface area contributed by atoms with Gasteiger partial charge in [0.1, 0.15) is 12.4 Å². The highest BCUT2D eigenvalue weighted by Crippen LogP contribution is 2.24. The monoisotopic (exact) mass is 395 g/mol. The summed E-state index contributed by atoms with van der Waals surface area (Å²) in [6.45, 7) is -0.0623. The van der Waals surface area contributed by atoms with Crippen LogP contribution in [0.1, 0.15) is 11.1 Å². The molecule has 0 aliphatic heterocycles. The molecule has 0 atom stereocenters. The number of oxime groups is 1. The van der Waals surface area contributed by atoms with Gasteiger partial charge in [-0.05, 0) is 41.0 Å². The quantitative estimate of drug-likeness (QED) is 0.429. The van der Waals surface area contributed by atoms with Crippen molar-refractivity contribution in [2.75, 3.05) is 6.61 Å². The summed E-state index contributed by atoms with van der Waals surface area (Å²) >= 11 is 6.14. The van der Waals surface area contributed by atoms with Crippen LogP contribution in [0.3, 0.4) is 0 Å². The summed E-state index contributed by atoms with van der Waals surface area (Å²) in [6.07, 6.45) is 1.48. The van der Waals surface area contributed by atoms with Crippen molar-refractivity contribution in [3.8, 4) is 16.9 Å². The van der Waals surface area contributed by atoms with Crippen molar-refractivity contribution in [3.05, 3.63) is 88.9 Å². The minimum Gasteiger partial charge on any atom is -0.489 e. The van der Waals surface area contributed by atoms with E-state index in [0.29, 0.717) is 11.6 Å². The molecule has 0 unspecified atom stereocenters. The van der Waals surface area contributed by atoms with Crippen LogP contribution in [0.2, 0.25) is 5.02 Å². The van der Waals surface area contributed by atoms with E-state index < -0.39 is 12.6 Å². The molecule has 0 saturated heterocycles. The Hall–Kier alpha value is -3.31. The Balaban J connectivity index is 1.64. The number of aliphatic carboxylic acids is 1. The summed E-state index contributed by atoms with van der Waals surface area (Å²) in [6, 6.07) is 23.0. The lowest BCUT2D eigenvalue weighted by molar-refractivity contribution is -0.142. The molecule has 142 valence electrons. The molecule has 5 nitrogen and oxygen atoms in total. The van der Waals surface area contributed by atoms with Crippen LogP contribution in [0.25, 0.3) is 11.1 Å². The highest BCUT2D eigenvalue weighted by atomic mass is 35.5. The maximum Gasteiger partial charge on any atom is 0.344 e. The van der Waals surface area contributed by atoms with E-state index in [2.05, 4.69) is 9.99 Å². The molecular weight excluding hydrogens is 378 g/mol. The second-order valence-corrected chi connectivity index (χ2v) is 6.34. The van der Waals surface area contributed by atoms with Gasteiger partial charge in [-0.25, -0.2) is 4.79 Å². The van der Waals surface area contributed by atoms with Crippen molar-refractivity contribution >= 4 is 23.8 Å². The van der Waals surface area contributed by atoms with Crippen LogP contribution in [0.5, 0.6) is 5.75 Å². The third kappa shape index (κ3) is 5.59. The van der Waals surface area contributed by atoms with E-state index in [1.165, 1.54) is 6.21 Å². The fourth-order valence-electron chi connectivity index (χ4n) is 2.51. The number of hydrogen-bond acceptors (Lipinski definition) is 4. The number of hydrogen-bond donors (Lipinski definition) is 1. The second-order valence-electron chi connectivity index (χ2n) is 5.93. The first-order chi connectivity index (χ1) is 13.6. The Morgan fingerprint density at radius 2 is 1.79 bits per heavy atom. The van der Waals surface area contributed by atoms with Crippen molar-refractivity contribution in [2.24, 2.45) is 5.16 Å². The molecule has 0 aromatic heterocycles. The normalized spacial score (nSPS) is 10.8. The van der Waals surface area contributed by atoms with Crippen LogP contribution >= 0.6 is 11.6 Å². The van der Waals surface area contributed by atoms with Gasteiger partial charge in [0.15, 0.2) is 0 Å². The SMILES string of the molecule is O=C(O)CON=Cc1cccc(-c2ccc(OCc3ccccc3Cl)cc2)c1. The summed E-state index contributed by atoms with van der Waals surface area (Å²) in [5, 5.41) is 12.9. The van der Waals surface area contributed by atoms with Crippen molar-refractivity contribution in [1.82, 2.24) is 0 Å². The summed E-state index contributed by atoms with van der Waals surface area (Å²) in [5.74, 6) is -0.314. The number of rotatable bonds is 8. The van der Waals surface area contributed by atoms with E-state index in [-0.39, 0.29) is 0 Å². The van der Waals surface area contributed by atoms with Crippen molar-refractivity contribution < 1.29 is 19.5 Å². The highest BCUT2D eigenvalue weighted by molar-refractivity contribution is 6.31. The number of carboxylic acids is 1. The van der Waals surface area contributed by atoms with Gasteiger partial charge in [0, 0.05) is 10.6 Å². The first-order valence-corrected chi connectivity index (χ1v) is 8.93. The molecule has 0 amide bonds. The summed E-state index contributed by atoms with van der Waals surface area (Å²) < 4.78 is 5.80. The standard InChI is InChI=1S/C22H18ClNO4/c23-21-7-2-1-5-19(21)14-27-20-10-8-17(9-11-20)18-6-3-4-16(12-18)13-24-28-15-22(25)26/h1-13H,14-15H2,(H,25,26).